The average Bonchev–Trinajstić information content (AvgIpc) is 3.18. The lowest BCUT2D eigenvalue weighted by Gasteiger charge is -2.24. The van der Waals surface area contributed by atoms with Gasteiger partial charge in [-0.15, -0.1) is 0 Å². The van der Waals surface area contributed by atoms with Gasteiger partial charge in [-0.2, -0.15) is 0 Å². The lowest BCUT2D eigenvalue weighted by Crippen LogP contribution is -2.37. The highest BCUT2D eigenvalue weighted by atomic mass is 31.2. The van der Waals surface area contributed by atoms with Gasteiger partial charge in [0.1, 0.15) is 19.3 Å². The van der Waals surface area contributed by atoms with Crippen molar-refractivity contribution in [1.82, 2.24) is 0 Å². The molecule has 1 N–H and O–H groups in total. The smallest absolute Gasteiger partial charge is 0.457 e. The summed E-state index contributed by atoms with van der Waals surface area (Å²) < 4.78 is 35.0. The van der Waals surface area contributed by atoms with E-state index in [0.717, 1.165) is 83.5 Å². The largest absolute Gasteiger partial charge is 0.472 e. The SMILES string of the molecule is CC/C=C\C/C=C\C/C=C\C/C=C\C/C=C\C/C=C\CCCCCCCCC(=O)OC(COCCCCCCCCCCCCC)COP(=O)(O)OCC[N+](C)(C)C. The molecule has 0 bridgehead atoms. The fourth-order valence-corrected chi connectivity index (χ4v) is 6.71. The predicted molar refractivity (Wildman–Crippen MR) is 247 cm³/mol. The first-order valence-electron chi connectivity index (χ1n) is 23.2. The zero-order chi connectivity index (χ0) is 42.7. The minimum atomic E-state index is -4.28. The number of nitrogens with zero attached hydrogens (tertiary/aromatic N) is 1. The summed E-state index contributed by atoms with van der Waals surface area (Å²) >= 11 is 0. The van der Waals surface area contributed by atoms with Gasteiger partial charge in [0, 0.05) is 13.0 Å². The third-order valence-electron chi connectivity index (χ3n) is 9.53. The van der Waals surface area contributed by atoms with Crippen molar-refractivity contribution in [3.8, 4) is 0 Å². The summed E-state index contributed by atoms with van der Waals surface area (Å²) in [5.41, 5.74) is 0. The molecule has 0 aliphatic rings. The van der Waals surface area contributed by atoms with Gasteiger partial charge in [-0.25, -0.2) is 4.57 Å². The van der Waals surface area contributed by atoms with Crippen molar-refractivity contribution in [3.05, 3.63) is 72.9 Å². The summed E-state index contributed by atoms with van der Waals surface area (Å²) in [5.74, 6) is -0.330. The average molecular weight is 835 g/mol. The third-order valence-corrected chi connectivity index (χ3v) is 10.5. The van der Waals surface area contributed by atoms with Crippen LogP contribution in [0.15, 0.2) is 72.9 Å². The zero-order valence-electron chi connectivity index (χ0n) is 38.0. The van der Waals surface area contributed by atoms with Gasteiger partial charge >= 0.3 is 13.8 Å². The van der Waals surface area contributed by atoms with E-state index < -0.39 is 13.9 Å². The second-order valence-electron chi connectivity index (χ2n) is 16.4. The van der Waals surface area contributed by atoms with Gasteiger partial charge < -0.3 is 18.9 Å². The van der Waals surface area contributed by atoms with E-state index in [1.165, 1.54) is 70.6 Å². The number of esters is 1. The molecular formula is C49H89NO7P+. The minimum absolute atomic E-state index is 0.0829. The fraction of sp³-hybridized carbons (Fsp3) is 0.735. The number of unbranched alkanes of at least 4 members (excludes halogenated alkanes) is 16. The number of carbonyl (C=O) groups is 1. The highest BCUT2D eigenvalue weighted by Crippen LogP contribution is 2.43. The van der Waals surface area contributed by atoms with E-state index in [2.05, 4.69) is 86.8 Å². The van der Waals surface area contributed by atoms with E-state index in [4.69, 9.17) is 18.5 Å². The molecule has 9 heteroatoms. The van der Waals surface area contributed by atoms with E-state index in [0.29, 0.717) is 24.1 Å². The molecule has 2 atom stereocenters. The van der Waals surface area contributed by atoms with Crippen LogP contribution in [0.3, 0.4) is 0 Å². The lowest BCUT2D eigenvalue weighted by molar-refractivity contribution is -0.870. The second-order valence-corrected chi connectivity index (χ2v) is 17.9. The molecule has 0 aliphatic heterocycles. The number of phosphoric ester groups is 1. The molecule has 0 aliphatic carbocycles. The first-order valence-corrected chi connectivity index (χ1v) is 24.7. The Morgan fingerprint density at radius 3 is 1.50 bits per heavy atom. The second kappa shape index (κ2) is 41.7. The molecule has 0 heterocycles. The molecule has 0 amide bonds. The molecule has 0 spiro atoms. The maximum Gasteiger partial charge on any atom is 0.472 e. The Bertz CT molecular complexity index is 1150. The lowest BCUT2D eigenvalue weighted by atomic mass is 10.1. The number of carbonyl (C=O) groups excluding carboxylic acids is 1. The quantitative estimate of drug-likeness (QED) is 0.0215. The molecule has 2 unspecified atom stereocenters. The molecule has 0 saturated carbocycles. The van der Waals surface area contributed by atoms with Crippen LogP contribution in [0.2, 0.25) is 0 Å². The van der Waals surface area contributed by atoms with Crippen LogP contribution in [0.5, 0.6) is 0 Å². The van der Waals surface area contributed by atoms with Crippen LogP contribution in [0.25, 0.3) is 0 Å². The molecule has 0 aromatic carbocycles. The molecule has 58 heavy (non-hydrogen) atoms. The van der Waals surface area contributed by atoms with Gasteiger partial charge in [-0.1, -0.05) is 177 Å². The van der Waals surface area contributed by atoms with Crippen molar-refractivity contribution in [2.24, 2.45) is 0 Å². The molecule has 336 valence electrons. The van der Waals surface area contributed by atoms with E-state index in [9.17, 15) is 14.3 Å². The van der Waals surface area contributed by atoms with Crippen molar-refractivity contribution in [2.45, 2.75) is 180 Å². The van der Waals surface area contributed by atoms with Crippen LogP contribution in [-0.4, -0.2) is 75.6 Å². The molecule has 0 saturated heterocycles. The van der Waals surface area contributed by atoms with Gasteiger partial charge in [0.2, 0.25) is 0 Å². The Morgan fingerprint density at radius 1 is 0.552 bits per heavy atom. The van der Waals surface area contributed by atoms with Crippen LogP contribution in [0, 0.1) is 0 Å². The maximum absolute atomic E-state index is 12.7. The number of hydrogen-bond acceptors (Lipinski definition) is 6. The number of quaternary nitrogens is 1. The van der Waals surface area contributed by atoms with E-state index in [1.807, 2.05) is 21.1 Å². The standard InChI is InChI=1S/C49H88NO7P/c1-6-8-10-12-14-16-18-19-20-21-22-23-24-25-26-27-28-29-30-31-32-34-36-38-40-42-49(51)57-48(47-56-58(52,53)55-45-43-50(3,4)5)46-54-44-41-39-37-35-33-17-15-13-11-9-7-2/h8,10,14,16,19-20,22-23,25-26,28-29,48H,6-7,9,11-13,15,17-18,21,24,27,30-47H2,1-5H3/p+1/b10-8-,16-14-,20-19-,23-22-,26-25-,29-28-. The third kappa shape index (κ3) is 45.0. The summed E-state index contributed by atoms with van der Waals surface area (Å²) in [6, 6.07) is 0. The van der Waals surface area contributed by atoms with E-state index >= 15 is 0 Å². The van der Waals surface area contributed by atoms with E-state index in [-0.39, 0.29) is 25.8 Å². The number of phosphoric acid groups is 1. The number of rotatable bonds is 42. The van der Waals surface area contributed by atoms with Gasteiger partial charge in [-0.05, 0) is 64.2 Å². The Labute approximate surface area is 357 Å². The highest BCUT2D eigenvalue weighted by molar-refractivity contribution is 7.47. The van der Waals surface area contributed by atoms with Gasteiger partial charge in [0.15, 0.2) is 0 Å². The summed E-state index contributed by atoms with van der Waals surface area (Å²) in [4.78, 5) is 22.9. The summed E-state index contributed by atoms with van der Waals surface area (Å²) in [7, 11) is 1.65. The monoisotopic (exact) mass is 835 g/mol. The molecule has 0 aromatic rings. The maximum atomic E-state index is 12.7. The number of likely N-dealkylation sites (N-methyl/N-ethyl adjacent to an activating group) is 1. The highest BCUT2D eigenvalue weighted by Gasteiger charge is 2.26. The molecule has 0 aromatic heterocycles. The van der Waals surface area contributed by atoms with Crippen molar-refractivity contribution in [3.63, 3.8) is 0 Å². The first kappa shape index (κ1) is 55.9. The number of hydrogen-bond donors (Lipinski definition) is 1. The van der Waals surface area contributed by atoms with Gasteiger partial charge in [-0.3, -0.25) is 13.8 Å². The molecule has 0 rings (SSSR count). The Hall–Kier alpha value is -2.06. The van der Waals surface area contributed by atoms with Crippen molar-refractivity contribution < 1.29 is 37.3 Å². The molecular weight excluding hydrogens is 746 g/mol. The normalized spacial score (nSPS) is 14.4. The first-order chi connectivity index (χ1) is 28.1. The molecule has 8 nitrogen and oxygen atoms in total. The Balaban J connectivity index is 4.19. The Morgan fingerprint density at radius 2 is 1.00 bits per heavy atom. The predicted octanol–water partition coefficient (Wildman–Crippen LogP) is 13.9. The topological polar surface area (TPSA) is 91.3 Å². The van der Waals surface area contributed by atoms with Crippen molar-refractivity contribution in [1.29, 1.82) is 0 Å². The van der Waals surface area contributed by atoms with Crippen molar-refractivity contribution >= 4 is 13.8 Å². The van der Waals surface area contributed by atoms with Crippen LogP contribution in [0.4, 0.5) is 0 Å². The fourth-order valence-electron chi connectivity index (χ4n) is 5.97. The van der Waals surface area contributed by atoms with Gasteiger partial charge in [0.05, 0.1) is 34.4 Å². The minimum Gasteiger partial charge on any atom is -0.457 e. The van der Waals surface area contributed by atoms with Gasteiger partial charge in [0.25, 0.3) is 0 Å². The molecule has 0 radical (unpaired) electrons. The van der Waals surface area contributed by atoms with Crippen LogP contribution < -0.4 is 0 Å². The number of allylic oxidation sites excluding steroid dienone is 12. The van der Waals surface area contributed by atoms with Crippen LogP contribution in [0.1, 0.15) is 174 Å². The summed E-state index contributed by atoms with van der Waals surface area (Å²) in [5, 5.41) is 0. The summed E-state index contributed by atoms with van der Waals surface area (Å²) in [6.07, 6.45) is 53.6. The Kier molecular flexibility index (Phi) is 40.2. The van der Waals surface area contributed by atoms with Crippen molar-refractivity contribution in [2.75, 3.05) is 54.1 Å². The summed E-state index contributed by atoms with van der Waals surface area (Å²) in [6.45, 7) is 5.48. The van der Waals surface area contributed by atoms with Crippen LogP contribution in [-0.2, 0) is 27.9 Å². The van der Waals surface area contributed by atoms with E-state index in [1.54, 1.807) is 0 Å². The van der Waals surface area contributed by atoms with Crippen LogP contribution >= 0.6 is 7.82 Å². The molecule has 0 fully saturated rings. The number of ether oxygens (including phenoxy) is 2. The zero-order valence-corrected chi connectivity index (χ0v) is 38.9.